The van der Waals surface area contributed by atoms with Crippen molar-refractivity contribution in [1.29, 1.82) is 0 Å². The van der Waals surface area contributed by atoms with E-state index in [1.807, 2.05) is 30.3 Å². The molecule has 4 heterocycles. The molecule has 34 heavy (non-hydrogen) atoms. The molecule has 9 heteroatoms. The van der Waals surface area contributed by atoms with Crippen LogP contribution in [0.4, 0.5) is 17.3 Å². The predicted octanol–water partition coefficient (Wildman–Crippen LogP) is 2.15. The molecular weight excluding hydrogens is 432 g/mol. The molecular formula is C25H30N6O3. The van der Waals surface area contributed by atoms with E-state index in [-0.39, 0.29) is 18.2 Å². The fraction of sp³-hybridized carbons (Fsp3) is 0.400. The molecule has 1 atom stereocenters. The number of nitrogens with zero attached hydrogens (tertiary/aromatic N) is 4. The highest BCUT2D eigenvalue weighted by Gasteiger charge is 2.28. The van der Waals surface area contributed by atoms with Crippen molar-refractivity contribution in [3.05, 3.63) is 64.1 Å². The standard InChI is InChI=1S/C25H30N6O3/c1-17-16-34-14-12-31(17)25-20-9-10-30(11-13-32)15-21(20)27-24(29-25)18-5-7-19(8-6-18)26-22-3-2-4-23(33)28-22/h2-8,17,32H,9-16H2,1H3,(H2,26,28,33)/t17-/m0/s1. The Hall–Kier alpha value is -3.27. The summed E-state index contributed by atoms with van der Waals surface area (Å²) in [7, 11) is 0. The summed E-state index contributed by atoms with van der Waals surface area (Å²) >= 11 is 0. The Morgan fingerprint density at radius 1 is 1.18 bits per heavy atom. The summed E-state index contributed by atoms with van der Waals surface area (Å²) in [6.45, 7) is 6.74. The number of morpholine rings is 1. The van der Waals surface area contributed by atoms with Crippen LogP contribution < -0.4 is 15.8 Å². The maximum absolute atomic E-state index is 11.5. The van der Waals surface area contributed by atoms with Crippen LogP contribution in [-0.2, 0) is 17.7 Å². The molecule has 1 fully saturated rings. The van der Waals surface area contributed by atoms with Gasteiger partial charge in [-0.1, -0.05) is 6.07 Å². The Balaban J connectivity index is 1.47. The van der Waals surface area contributed by atoms with Crippen molar-refractivity contribution in [3.63, 3.8) is 0 Å². The fourth-order valence-corrected chi connectivity index (χ4v) is 4.58. The molecule has 0 aliphatic carbocycles. The molecule has 0 amide bonds. The van der Waals surface area contributed by atoms with Crippen molar-refractivity contribution in [3.8, 4) is 11.4 Å². The minimum atomic E-state index is -0.149. The Morgan fingerprint density at radius 2 is 2.03 bits per heavy atom. The SMILES string of the molecule is C[C@H]1COCCN1c1nc(-c2ccc(Nc3cccc(=O)[nH]3)cc2)nc2c1CCN(CCO)C2. The summed E-state index contributed by atoms with van der Waals surface area (Å²) in [6.07, 6.45) is 0.868. The second-order valence-corrected chi connectivity index (χ2v) is 8.79. The number of rotatable bonds is 6. The number of fused-ring (bicyclic) bond motifs is 1. The van der Waals surface area contributed by atoms with Crippen LogP contribution in [0.3, 0.4) is 0 Å². The number of aromatic amines is 1. The highest BCUT2D eigenvalue weighted by Crippen LogP contribution is 2.31. The van der Waals surface area contributed by atoms with Crippen LogP contribution in [0.5, 0.6) is 0 Å². The van der Waals surface area contributed by atoms with Gasteiger partial charge in [-0.3, -0.25) is 9.69 Å². The average Bonchev–Trinajstić information content (AvgIpc) is 2.84. The van der Waals surface area contributed by atoms with Gasteiger partial charge in [0.15, 0.2) is 5.82 Å². The van der Waals surface area contributed by atoms with E-state index in [4.69, 9.17) is 14.7 Å². The summed E-state index contributed by atoms with van der Waals surface area (Å²) in [6, 6.07) is 13.2. The zero-order chi connectivity index (χ0) is 23.5. The van der Waals surface area contributed by atoms with Crippen LogP contribution in [0.25, 0.3) is 11.4 Å². The molecule has 2 aliphatic rings. The lowest BCUT2D eigenvalue weighted by atomic mass is 10.0. The van der Waals surface area contributed by atoms with Crippen molar-refractivity contribution in [2.75, 3.05) is 49.7 Å². The number of anilines is 3. The number of β-amino-alcohol motifs (C(OH)–C–C–N with tert-alkyl or cyclic N) is 1. The first-order valence-corrected chi connectivity index (χ1v) is 11.7. The molecule has 2 aliphatic heterocycles. The molecule has 178 valence electrons. The minimum Gasteiger partial charge on any atom is -0.395 e. The summed E-state index contributed by atoms with van der Waals surface area (Å²) in [5.41, 5.74) is 3.88. The van der Waals surface area contributed by atoms with Crippen molar-refractivity contribution < 1.29 is 9.84 Å². The molecule has 9 nitrogen and oxygen atoms in total. The average molecular weight is 463 g/mol. The highest BCUT2D eigenvalue weighted by atomic mass is 16.5. The summed E-state index contributed by atoms with van der Waals surface area (Å²) < 4.78 is 5.66. The first kappa shape index (κ1) is 22.5. The van der Waals surface area contributed by atoms with Gasteiger partial charge < -0.3 is 25.0 Å². The Bertz CT molecular complexity index is 1200. The topological polar surface area (TPSA) is 107 Å². The van der Waals surface area contributed by atoms with Crippen LogP contribution in [0.1, 0.15) is 18.2 Å². The zero-order valence-electron chi connectivity index (χ0n) is 19.3. The second kappa shape index (κ2) is 9.92. The molecule has 3 N–H and O–H groups in total. The van der Waals surface area contributed by atoms with E-state index >= 15 is 0 Å². The number of aliphatic hydroxyl groups excluding tert-OH is 1. The molecule has 0 spiro atoms. The lowest BCUT2D eigenvalue weighted by Crippen LogP contribution is -2.45. The van der Waals surface area contributed by atoms with Gasteiger partial charge in [0.05, 0.1) is 31.6 Å². The molecule has 3 aromatic rings. The van der Waals surface area contributed by atoms with Crippen molar-refractivity contribution in [2.24, 2.45) is 0 Å². The molecule has 2 aromatic heterocycles. The van der Waals surface area contributed by atoms with E-state index in [0.29, 0.717) is 37.9 Å². The quantitative estimate of drug-likeness (QED) is 0.512. The van der Waals surface area contributed by atoms with Gasteiger partial charge in [-0.25, -0.2) is 9.97 Å². The second-order valence-electron chi connectivity index (χ2n) is 8.79. The molecule has 0 bridgehead atoms. The van der Waals surface area contributed by atoms with Crippen LogP contribution in [-0.4, -0.2) is 70.5 Å². The third-order valence-corrected chi connectivity index (χ3v) is 6.37. The third kappa shape index (κ3) is 4.82. The molecule has 0 unspecified atom stereocenters. The molecule has 0 radical (unpaired) electrons. The van der Waals surface area contributed by atoms with E-state index < -0.39 is 0 Å². The van der Waals surface area contributed by atoms with Gasteiger partial charge in [0, 0.05) is 49.1 Å². The monoisotopic (exact) mass is 462 g/mol. The molecule has 0 saturated carbocycles. The largest absolute Gasteiger partial charge is 0.395 e. The van der Waals surface area contributed by atoms with E-state index in [1.54, 1.807) is 6.07 Å². The van der Waals surface area contributed by atoms with Crippen molar-refractivity contribution >= 4 is 17.3 Å². The van der Waals surface area contributed by atoms with Crippen LogP contribution in [0, 0.1) is 0 Å². The first-order valence-electron chi connectivity index (χ1n) is 11.7. The van der Waals surface area contributed by atoms with E-state index in [2.05, 4.69) is 27.0 Å². The van der Waals surface area contributed by atoms with Crippen LogP contribution >= 0.6 is 0 Å². The number of benzene rings is 1. The van der Waals surface area contributed by atoms with Gasteiger partial charge in [-0.15, -0.1) is 0 Å². The number of pyridine rings is 1. The number of hydrogen-bond acceptors (Lipinski definition) is 8. The van der Waals surface area contributed by atoms with E-state index in [1.165, 1.54) is 11.6 Å². The van der Waals surface area contributed by atoms with Crippen LogP contribution in [0.15, 0.2) is 47.3 Å². The zero-order valence-corrected chi connectivity index (χ0v) is 19.3. The summed E-state index contributed by atoms with van der Waals surface area (Å²) in [4.78, 5) is 28.9. The lowest BCUT2D eigenvalue weighted by Gasteiger charge is -2.37. The van der Waals surface area contributed by atoms with Gasteiger partial charge in [0.2, 0.25) is 5.56 Å². The van der Waals surface area contributed by atoms with Crippen LogP contribution in [0.2, 0.25) is 0 Å². The van der Waals surface area contributed by atoms with Gasteiger partial charge in [-0.05, 0) is 43.7 Å². The number of nitrogens with one attached hydrogen (secondary N) is 2. The predicted molar refractivity (Wildman–Crippen MR) is 132 cm³/mol. The molecule has 1 saturated heterocycles. The maximum Gasteiger partial charge on any atom is 0.249 e. The summed E-state index contributed by atoms with van der Waals surface area (Å²) in [5.74, 6) is 2.33. The van der Waals surface area contributed by atoms with Gasteiger partial charge in [0.1, 0.15) is 11.6 Å². The van der Waals surface area contributed by atoms with Crippen molar-refractivity contribution in [1.82, 2.24) is 19.9 Å². The van der Waals surface area contributed by atoms with Gasteiger partial charge in [-0.2, -0.15) is 0 Å². The maximum atomic E-state index is 11.5. The first-order chi connectivity index (χ1) is 16.6. The van der Waals surface area contributed by atoms with E-state index in [9.17, 15) is 9.90 Å². The van der Waals surface area contributed by atoms with Crippen molar-refractivity contribution in [2.45, 2.75) is 25.9 Å². The van der Waals surface area contributed by atoms with E-state index in [0.717, 1.165) is 42.3 Å². The van der Waals surface area contributed by atoms with Gasteiger partial charge >= 0.3 is 0 Å². The summed E-state index contributed by atoms with van der Waals surface area (Å²) in [5, 5.41) is 12.6. The third-order valence-electron chi connectivity index (χ3n) is 6.37. The number of H-pyrrole nitrogens is 1. The molecule has 1 aromatic carbocycles. The normalized spacial score (nSPS) is 18.5. The Labute approximate surface area is 198 Å². The fourth-order valence-electron chi connectivity index (χ4n) is 4.58. The van der Waals surface area contributed by atoms with Gasteiger partial charge in [0.25, 0.3) is 0 Å². The number of hydrogen-bond donors (Lipinski definition) is 3. The smallest absolute Gasteiger partial charge is 0.249 e. The minimum absolute atomic E-state index is 0.141. The lowest BCUT2D eigenvalue weighted by molar-refractivity contribution is 0.0983. The highest BCUT2D eigenvalue weighted by molar-refractivity contribution is 5.65. The number of ether oxygens (including phenoxy) is 1. The number of aliphatic hydroxyl groups is 1. The number of aromatic nitrogens is 3. The Kier molecular flexibility index (Phi) is 6.57. The Morgan fingerprint density at radius 3 is 2.79 bits per heavy atom. The molecule has 5 rings (SSSR count).